The van der Waals surface area contributed by atoms with Gasteiger partial charge in [0.05, 0.1) is 0 Å². The van der Waals surface area contributed by atoms with E-state index in [1.807, 2.05) is 72.5 Å². The Morgan fingerprint density at radius 2 is 1.57 bits per heavy atom. The summed E-state index contributed by atoms with van der Waals surface area (Å²) in [6.45, 7) is 1.84. The highest BCUT2D eigenvalue weighted by molar-refractivity contribution is 7.81. The molecule has 3 aromatic rings. The lowest BCUT2D eigenvalue weighted by molar-refractivity contribution is -0.117. The van der Waals surface area contributed by atoms with E-state index >= 15 is 0 Å². The molecule has 0 radical (unpaired) electrons. The molecule has 0 N–H and O–H groups in total. The van der Waals surface area contributed by atoms with Gasteiger partial charge in [-0.25, -0.2) is 9.88 Å². The van der Waals surface area contributed by atoms with Crippen molar-refractivity contribution < 1.29 is 9.53 Å². The minimum Gasteiger partial charge on any atom is -0.457 e. The lowest BCUT2D eigenvalue weighted by Gasteiger charge is -2.22. The van der Waals surface area contributed by atoms with Crippen molar-refractivity contribution in [2.24, 2.45) is 0 Å². The Morgan fingerprint density at radius 3 is 2.21 bits per heavy atom. The van der Waals surface area contributed by atoms with Crippen LogP contribution in [0.5, 0.6) is 11.5 Å². The maximum atomic E-state index is 12.7. The number of thiocarbonyl (C=S) groups is 1. The molecule has 1 fully saturated rings. The van der Waals surface area contributed by atoms with Crippen molar-refractivity contribution >= 4 is 47.1 Å². The molecule has 28 heavy (non-hydrogen) atoms. The molecule has 1 unspecified atom stereocenters. The zero-order chi connectivity index (χ0) is 18.8. The van der Waals surface area contributed by atoms with Gasteiger partial charge in [0.2, 0.25) is 0 Å². The Balaban J connectivity index is 0.00000225. The number of hydrogen-bond acceptors (Lipinski definition) is 4. The van der Waals surface area contributed by atoms with Crippen LogP contribution in [0, 0.1) is 0 Å². The van der Waals surface area contributed by atoms with Crippen LogP contribution in [0.2, 0.25) is 0 Å². The fourth-order valence-corrected chi connectivity index (χ4v) is 3.44. The fourth-order valence-electron chi connectivity index (χ4n) is 3.00. The molecule has 5 nitrogen and oxygen atoms in total. The van der Waals surface area contributed by atoms with Crippen LogP contribution >= 0.6 is 24.6 Å². The van der Waals surface area contributed by atoms with Gasteiger partial charge in [-0.2, -0.15) is 0 Å². The number of para-hydroxylation sites is 1. The molecule has 1 atom stereocenters. The molecule has 0 aliphatic carbocycles. The van der Waals surface area contributed by atoms with E-state index < -0.39 is 6.04 Å². The van der Waals surface area contributed by atoms with Gasteiger partial charge in [0.1, 0.15) is 23.4 Å². The number of pyridine rings is 1. The monoisotopic (exact) mass is 411 g/mol. The van der Waals surface area contributed by atoms with E-state index in [4.69, 9.17) is 17.0 Å². The normalized spacial score (nSPS) is 16.1. The number of carbonyl (C=O) groups excluding carboxylic acids is 1. The minimum atomic E-state index is -0.402. The second-order valence-corrected chi connectivity index (χ2v) is 6.46. The summed E-state index contributed by atoms with van der Waals surface area (Å²) in [5.41, 5.74) is 0.833. The Bertz CT molecular complexity index is 968. The molecule has 1 saturated heterocycles. The predicted molar refractivity (Wildman–Crippen MR) is 116 cm³/mol. The van der Waals surface area contributed by atoms with E-state index in [0.717, 1.165) is 17.2 Å². The topological polar surface area (TPSA) is 45.7 Å². The number of carbonyl (C=O) groups is 1. The van der Waals surface area contributed by atoms with Gasteiger partial charge in [-0.05, 0) is 67.7 Å². The van der Waals surface area contributed by atoms with E-state index in [1.54, 1.807) is 18.3 Å². The van der Waals surface area contributed by atoms with Crippen LogP contribution < -0.4 is 14.5 Å². The average molecular weight is 412 g/mol. The Morgan fingerprint density at radius 1 is 0.929 bits per heavy atom. The van der Waals surface area contributed by atoms with Crippen molar-refractivity contribution in [3.8, 4) is 11.5 Å². The van der Waals surface area contributed by atoms with E-state index in [-0.39, 0.29) is 18.3 Å². The number of nitrogens with zero attached hydrogens (tertiary/aromatic N) is 3. The van der Waals surface area contributed by atoms with Crippen molar-refractivity contribution in [1.82, 2.24) is 4.98 Å². The summed E-state index contributed by atoms with van der Waals surface area (Å²) in [5.74, 6) is 1.93. The average Bonchev–Trinajstić information content (AvgIpc) is 2.93. The van der Waals surface area contributed by atoms with Crippen LogP contribution in [0.4, 0.5) is 11.5 Å². The number of rotatable bonds is 4. The van der Waals surface area contributed by atoms with Crippen LogP contribution in [0.1, 0.15) is 6.92 Å². The second kappa shape index (κ2) is 8.37. The number of anilines is 2. The van der Waals surface area contributed by atoms with Gasteiger partial charge < -0.3 is 9.64 Å². The molecule has 0 saturated carbocycles. The third-order valence-corrected chi connectivity index (χ3v) is 4.71. The molecule has 1 aromatic heterocycles. The summed E-state index contributed by atoms with van der Waals surface area (Å²) in [6.07, 6.45) is 1.65. The first kappa shape index (κ1) is 19.8. The molecule has 1 aliphatic heterocycles. The van der Waals surface area contributed by atoms with Crippen molar-refractivity contribution in [2.45, 2.75) is 13.0 Å². The molecule has 7 heteroatoms. The Labute approximate surface area is 175 Å². The third kappa shape index (κ3) is 3.69. The van der Waals surface area contributed by atoms with Gasteiger partial charge in [-0.1, -0.05) is 24.3 Å². The van der Waals surface area contributed by atoms with E-state index in [9.17, 15) is 4.79 Å². The van der Waals surface area contributed by atoms with Crippen LogP contribution in [0.15, 0.2) is 79.0 Å². The molecule has 0 spiro atoms. The number of benzene rings is 2. The van der Waals surface area contributed by atoms with Gasteiger partial charge in [0, 0.05) is 11.9 Å². The first-order valence-electron chi connectivity index (χ1n) is 8.56. The minimum absolute atomic E-state index is 0. The zero-order valence-corrected chi connectivity index (χ0v) is 16.7. The van der Waals surface area contributed by atoms with Gasteiger partial charge in [0.25, 0.3) is 5.91 Å². The first-order chi connectivity index (χ1) is 13.1. The molecular formula is C21H18ClN3O2S. The number of ether oxygens (including phenoxy) is 1. The molecule has 0 bridgehead atoms. The fraction of sp³-hybridized carbons (Fsp3) is 0.0952. The molecular weight excluding hydrogens is 394 g/mol. The summed E-state index contributed by atoms with van der Waals surface area (Å²) >= 11 is 5.58. The van der Waals surface area contributed by atoms with Crippen molar-refractivity contribution in [3.05, 3.63) is 79.0 Å². The summed E-state index contributed by atoms with van der Waals surface area (Å²) in [4.78, 5) is 20.3. The van der Waals surface area contributed by atoms with Gasteiger partial charge >= 0.3 is 0 Å². The maximum Gasteiger partial charge on any atom is 0.257 e. The highest BCUT2D eigenvalue weighted by Gasteiger charge is 2.41. The van der Waals surface area contributed by atoms with Crippen LogP contribution in [0.3, 0.4) is 0 Å². The Kier molecular flexibility index (Phi) is 5.92. The largest absolute Gasteiger partial charge is 0.457 e. The quantitative estimate of drug-likeness (QED) is 0.576. The standard InChI is InChI=1S/C21H17N3O2S.ClH/c1-15-20(25)24(19-9-5-6-14-22-19)21(27)23(15)16-10-12-18(13-11-16)26-17-7-3-2-4-8-17;/h2-15H,1H3;1H. The molecule has 1 amide bonds. The highest BCUT2D eigenvalue weighted by Crippen LogP contribution is 2.31. The number of hydrogen-bond donors (Lipinski definition) is 0. The molecule has 4 rings (SSSR count). The van der Waals surface area contributed by atoms with E-state index in [2.05, 4.69) is 4.98 Å². The number of halogens is 1. The molecule has 2 heterocycles. The maximum absolute atomic E-state index is 12.7. The molecule has 2 aromatic carbocycles. The number of aromatic nitrogens is 1. The van der Waals surface area contributed by atoms with E-state index in [1.165, 1.54) is 4.90 Å². The third-order valence-electron chi connectivity index (χ3n) is 4.33. The molecule has 1 aliphatic rings. The summed E-state index contributed by atoms with van der Waals surface area (Å²) in [7, 11) is 0. The lowest BCUT2D eigenvalue weighted by Crippen LogP contribution is -2.33. The van der Waals surface area contributed by atoms with Crippen LogP contribution in [0.25, 0.3) is 0 Å². The van der Waals surface area contributed by atoms with Crippen LogP contribution in [-0.2, 0) is 4.79 Å². The smallest absolute Gasteiger partial charge is 0.257 e. The van der Waals surface area contributed by atoms with Crippen molar-refractivity contribution in [3.63, 3.8) is 0 Å². The van der Waals surface area contributed by atoms with Crippen molar-refractivity contribution in [2.75, 3.05) is 9.80 Å². The summed E-state index contributed by atoms with van der Waals surface area (Å²) in [6, 6.07) is 22.1. The molecule has 142 valence electrons. The van der Waals surface area contributed by atoms with Gasteiger partial charge in [0.15, 0.2) is 5.11 Å². The second-order valence-electron chi connectivity index (χ2n) is 6.10. The van der Waals surface area contributed by atoms with Gasteiger partial charge in [-0.15, -0.1) is 12.4 Å². The predicted octanol–water partition coefficient (Wildman–Crippen LogP) is 4.82. The lowest BCUT2D eigenvalue weighted by atomic mass is 10.2. The highest BCUT2D eigenvalue weighted by atomic mass is 35.5. The van der Waals surface area contributed by atoms with E-state index in [0.29, 0.717) is 10.9 Å². The first-order valence-corrected chi connectivity index (χ1v) is 8.97. The van der Waals surface area contributed by atoms with Crippen LogP contribution in [-0.4, -0.2) is 22.0 Å². The summed E-state index contributed by atoms with van der Waals surface area (Å²) < 4.78 is 5.82. The SMILES string of the molecule is CC1C(=O)N(c2ccccn2)C(=S)N1c1ccc(Oc2ccccc2)cc1.Cl. The van der Waals surface area contributed by atoms with Gasteiger partial charge in [-0.3, -0.25) is 4.79 Å². The van der Waals surface area contributed by atoms with Crippen molar-refractivity contribution in [1.29, 1.82) is 0 Å². The number of amides is 1. The Hall–Kier alpha value is -2.96. The summed E-state index contributed by atoms with van der Waals surface area (Å²) in [5, 5.41) is 0.419. The zero-order valence-electron chi connectivity index (χ0n) is 15.1.